The fourth-order valence-corrected chi connectivity index (χ4v) is 6.88. The molecule has 3 aliphatic rings. The molecule has 0 spiro atoms. The summed E-state index contributed by atoms with van der Waals surface area (Å²) < 4.78 is 0. The monoisotopic (exact) mass is 537 g/mol. The smallest absolute Gasteiger partial charge is 0.227 e. The number of carbonyl (C=O) groups excluding carboxylic acids is 3. The summed E-state index contributed by atoms with van der Waals surface area (Å²) >= 11 is 0. The van der Waals surface area contributed by atoms with E-state index in [1.807, 2.05) is 18.2 Å². The highest BCUT2D eigenvalue weighted by molar-refractivity contribution is 5.99. The van der Waals surface area contributed by atoms with Gasteiger partial charge in [0.1, 0.15) is 0 Å². The Kier molecular flexibility index (Phi) is 10.5. The lowest BCUT2D eigenvalue weighted by molar-refractivity contribution is -0.121. The number of anilines is 3. The molecule has 1 aromatic rings. The molecule has 0 aliphatic heterocycles. The van der Waals surface area contributed by atoms with Crippen molar-refractivity contribution < 1.29 is 14.4 Å². The van der Waals surface area contributed by atoms with Crippen molar-refractivity contribution in [2.75, 3.05) is 16.0 Å². The Morgan fingerprint density at radius 1 is 0.513 bits per heavy atom. The highest BCUT2D eigenvalue weighted by Crippen LogP contribution is 2.40. The molecule has 0 radical (unpaired) electrons. The molecule has 0 saturated heterocycles. The standard InChI is InChI=1S/C33H51N3O3/c1-33(2,3)26-18-16-25(17-19-26)32(39)36-29-21-27(34-30(37)23-12-8-4-5-9-13-23)20-28(22-29)35-31(38)24-14-10-6-7-11-15-24/h20-26H,4-19H2,1-3H3,(H,34,37)(H,35,38)(H,36,39)/t25-,26-. The van der Waals surface area contributed by atoms with Crippen LogP contribution in [0.25, 0.3) is 0 Å². The minimum atomic E-state index is -0.00290. The SMILES string of the molecule is CC(C)(C)[C@H]1CC[C@H](C(=O)Nc2cc(NC(=O)C3CCCCCC3)cc(NC(=O)C3CCCCCC3)c2)CC1. The Balaban J connectivity index is 1.47. The molecule has 6 nitrogen and oxygen atoms in total. The van der Waals surface area contributed by atoms with Crippen molar-refractivity contribution in [1.82, 2.24) is 0 Å². The second kappa shape index (κ2) is 13.8. The maximum atomic E-state index is 13.3. The fourth-order valence-electron chi connectivity index (χ4n) is 6.88. The van der Waals surface area contributed by atoms with Crippen molar-refractivity contribution >= 4 is 34.8 Å². The van der Waals surface area contributed by atoms with Crippen LogP contribution in [0.4, 0.5) is 17.1 Å². The first kappa shape index (κ1) is 29.6. The van der Waals surface area contributed by atoms with Crippen LogP contribution in [0.15, 0.2) is 18.2 Å². The lowest BCUT2D eigenvalue weighted by Gasteiger charge is -2.36. The van der Waals surface area contributed by atoms with Gasteiger partial charge < -0.3 is 16.0 Å². The van der Waals surface area contributed by atoms with Gasteiger partial charge in [-0.25, -0.2) is 0 Å². The topological polar surface area (TPSA) is 87.3 Å². The van der Waals surface area contributed by atoms with Gasteiger partial charge in [-0.05, 0) is 80.9 Å². The molecule has 0 aromatic heterocycles. The molecule has 1 aromatic carbocycles. The normalized spacial score (nSPS) is 23.8. The summed E-state index contributed by atoms with van der Waals surface area (Å²) in [6.45, 7) is 6.87. The van der Waals surface area contributed by atoms with Crippen molar-refractivity contribution in [3.05, 3.63) is 18.2 Å². The predicted molar refractivity (Wildman–Crippen MR) is 160 cm³/mol. The highest BCUT2D eigenvalue weighted by atomic mass is 16.2. The zero-order chi connectivity index (χ0) is 27.8. The minimum absolute atomic E-state index is 0.00290. The molecule has 0 atom stereocenters. The van der Waals surface area contributed by atoms with Crippen molar-refractivity contribution in [1.29, 1.82) is 0 Å². The molecule has 216 valence electrons. The Hall–Kier alpha value is -2.37. The summed E-state index contributed by atoms with van der Waals surface area (Å²) in [5.74, 6) is 0.812. The number of nitrogens with one attached hydrogen (secondary N) is 3. The van der Waals surface area contributed by atoms with Gasteiger partial charge in [0.2, 0.25) is 17.7 Å². The van der Waals surface area contributed by atoms with Crippen molar-refractivity contribution in [2.45, 2.75) is 124 Å². The quantitative estimate of drug-likeness (QED) is 0.319. The second-order valence-electron chi connectivity index (χ2n) is 13.6. The number of hydrogen-bond donors (Lipinski definition) is 3. The van der Waals surface area contributed by atoms with Gasteiger partial charge in [-0.1, -0.05) is 72.1 Å². The minimum Gasteiger partial charge on any atom is -0.326 e. The molecule has 0 unspecified atom stereocenters. The second-order valence-corrected chi connectivity index (χ2v) is 13.6. The van der Waals surface area contributed by atoms with Gasteiger partial charge in [-0.2, -0.15) is 0 Å². The van der Waals surface area contributed by atoms with E-state index in [0.29, 0.717) is 23.0 Å². The zero-order valence-corrected chi connectivity index (χ0v) is 24.6. The predicted octanol–water partition coefficient (Wildman–Crippen LogP) is 8.30. The van der Waals surface area contributed by atoms with Crippen LogP contribution in [-0.2, 0) is 14.4 Å². The third-order valence-corrected chi connectivity index (χ3v) is 9.51. The van der Waals surface area contributed by atoms with Crippen LogP contribution in [0.2, 0.25) is 0 Å². The summed E-state index contributed by atoms with van der Waals surface area (Å²) in [6.07, 6.45) is 16.8. The van der Waals surface area contributed by atoms with Crippen molar-refractivity contribution in [3.8, 4) is 0 Å². The molecule has 3 aliphatic carbocycles. The van der Waals surface area contributed by atoms with Gasteiger partial charge in [0, 0.05) is 34.8 Å². The van der Waals surface area contributed by atoms with Gasteiger partial charge in [-0.3, -0.25) is 14.4 Å². The van der Waals surface area contributed by atoms with Crippen molar-refractivity contribution in [2.24, 2.45) is 29.1 Å². The summed E-state index contributed by atoms with van der Waals surface area (Å²) in [5.41, 5.74) is 2.17. The fraction of sp³-hybridized carbons (Fsp3) is 0.727. The molecule has 4 rings (SSSR count). The number of hydrogen-bond acceptors (Lipinski definition) is 3. The maximum Gasteiger partial charge on any atom is 0.227 e. The maximum absolute atomic E-state index is 13.3. The summed E-state index contributed by atoms with van der Waals surface area (Å²) in [7, 11) is 0. The van der Waals surface area contributed by atoms with E-state index in [0.717, 1.165) is 77.0 Å². The summed E-state index contributed by atoms with van der Waals surface area (Å²) in [5, 5.41) is 9.36. The molecule has 3 fully saturated rings. The molecule has 3 N–H and O–H groups in total. The van der Waals surface area contributed by atoms with Crippen LogP contribution < -0.4 is 16.0 Å². The lowest BCUT2D eigenvalue weighted by atomic mass is 9.69. The average molecular weight is 538 g/mol. The number of amides is 3. The number of benzene rings is 1. The van der Waals surface area contributed by atoms with Gasteiger partial charge in [-0.15, -0.1) is 0 Å². The zero-order valence-electron chi connectivity index (χ0n) is 24.6. The van der Waals surface area contributed by atoms with Gasteiger partial charge in [0.05, 0.1) is 0 Å². The summed E-state index contributed by atoms with van der Waals surface area (Å²) in [4.78, 5) is 39.6. The van der Waals surface area contributed by atoms with E-state index in [-0.39, 0.29) is 40.9 Å². The third kappa shape index (κ3) is 8.81. The molecular formula is C33H51N3O3. The third-order valence-electron chi connectivity index (χ3n) is 9.51. The molecule has 3 saturated carbocycles. The number of rotatable bonds is 6. The van der Waals surface area contributed by atoms with Crippen LogP contribution >= 0.6 is 0 Å². The lowest BCUT2D eigenvalue weighted by Crippen LogP contribution is -2.31. The highest BCUT2D eigenvalue weighted by Gasteiger charge is 2.32. The molecular weight excluding hydrogens is 486 g/mol. The molecule has 39 heavy (non-hydrogen) atoms. The van der Waals surface area contributed by atoms with Crippen LogP contribution in [0.3, 0.4) is 0 Å². The van der Waals surface area contributed by atoms with Gasteiger partial charge in [0.15, 0.2) is 0 Å². The molecule has 0 bridgehead atoms. The molecule has 6 heteroatoms. The van der Waals surface area contributed by atoms with E-state index in [1.165, 1.54) is 25.7 Å². The average Bonchev–Trinajstić information content (AvgIpc) is 3.34. The van der Waals surface area contributed by atoms with Crippen LogP contribution in [-0.4, -0.2) is 17.7 Å². The number of carbonyl (C=O) groups is 3. The van der Waals surface area contributed by atoms with E-state index in [2.05, 4.69) is 36.7 Å². The van der Waals surface area contributed by atoms with Crippen LogP contribution in [0, 0.1) is 29.1 Å². The van der Waals surface area contributed by atoms with E-state index >= 15 is 0 Å². The van der Waals surface area contributed by atoms with E-state index < -0.39 is 0 Å². The molecule has 0 heterocycles. The molecule has 3 amide bonds. The van der Waals surface area contributed by atoms with Crippen LogP contribution in [0.1, 0.15) is 124 Å². The van der Waals surface area contributed by atoms with E-state index in [9.17, 15) is 14.4 Å². The van der Waals surface area contributed by atoms with Gasteiger partial charge in [0.25, 0.3) is 0 Å². The Bertz CT molecular complexity index is 922. The first-order valence-electron chi connectivity index (χ1n) is 15.8. The van der Waals surface area contributed by atoms with E-state index in [1.54, 1.807) is 0 Å². The van der Waals surface area contributed by atoms with Crippen LogP contribution in [0.5, 0.6) is 0 Å². The van der Waals surface area contributed by atoms with Gasteiger partial charge >= 0.3 is 0 Å². The first-order chi connectivity index (χ1) is 18.7. The van der Waals surface area contributed by atoms with E-state index in [4.69, 9.17) is 0 Å². The Labute approximate surface area is 235 Å². The Morgan fingerprint density at radius 3 is 1.13 bits per heavy atom. The Morgan fingerprint density at radius 2 is 0.821 bits per heavy atom. The summed E-state index contributed by atoms with van der Waals surface area (Å²) in [6, 6.07) is 5.52. The van der Waals surface area contributed by atoms with Crippen molar-refractivity contribution in [3.63, 3.8) is 0 Å². The first-order valence-corrected chi connectivity index (χ1v) is 15.8. The largest absolute Gasteiger partial charge is 0.326 e.